The molecule has 1 aliphatic heterocycles. The van der Waals surface area contributed by atoms with Gasteiger partial charge in [0, 0.05) is 30.6 Å². The van der Waals surface area contributed by atoms with Crippen LogP contribution in [0.15, 0.2) is 42.7 Å². The number of likely N-dealkylation sites (tertiary alicyclic amines) is 1. The normalized spacial score (nSPS) is 17.8. The van der Waals surface area contributed by atoms with E-state index < -0.39 is 5.82 Å². The van der Waals surface area contributed by atoms with Gasteiger partial charge in [0.2, 0.25) is 0 Å². The van der Waals surface area contributed by atoms with Crippen LogP contribution in [0.1, 0.15) is 23.2 Å². The van der Waals surface area contributed by atoms with E-state index in [0.29, 0.717) is 29.4 Å². The Balaban J connectivity index is 1.68. The second kappa shape index (κ2) is 6.96. The molecule has 3 rings (SSSR count). The van der Waals surface area contributed by atoms with E-state index in [1.165, 1.54) is 24.4 Å². The summed E-state index contributed by atoms with van der Waals surface area (Å²) in [5, 5.41) is 0.445. The van der Waals surface area contributed by atoms with Gasteiger partial charge in [0.05, 0.1) is 6.54 Å². The third-order valence-electron chi connectivity index (χ3n) is 3.77. The number of carbonyl (C=O) groups excluding carboxylic acids is 1. The van der Waals surface area contributed by atoms with Crippen LogP contribution in [0.4, 0.5) is 4.39 Å². The number of amides is 1. The second-order valence-electron chi connectivity index (χ2n) is 5.45. The Morgan fingerprint density at radius 1 is 1.39 bits per heavy atom. The van der Waals surface area contributed by atoms with Crippen LogP contribution in [0.5, 0.6) is 5.75 Å². The molecule has 1 aromatic heterocycles. The monoisotopic (exact) mass is 334 g/mol. The average molecular weight is 335 g/mol. The van der Waals surface area contributed by atoms with Crippen molar-refractivity contribution in [2.75, 3.05) is 13.1 Å². The van der Waals surface area contributed by atoms with Crippen LogP contribution in [-0.2, 0) is 0 Å². The fourth-order valence-electron chi connectivity index (χ4n) is 2.66. The number of hydrogen-bond donors (Lipinski definition) is 0. The Kier molecular flexibility index (Phi) is 4.76. The molecule has 1 saturated heterocycles. The van der Waals surface area contributed by atoms with Crippen molar-refractivity contribution in [3.63, 3.8) is 0 Å². The molecule has 4 nitrogen and oxygen atoms in total. The molecule has 0 spiro atoms. The number of pyridine rings is 1. The van der Waals surface area contributed by atoms with Crippen LogP contribution >= 0.6 is 11.6 Å². The topological polar surface area (TPSA) is 42.4 Å². The second-order valence-corrected chi connectivity index (χ2v) is 5.86. The summed E-state index contributed by atoms with van der Waals surface area (Å²) >= 11 is 6.05. The van der Waals surface area contributed by atoms with Gasteiger partial charge in [-0.25, -0.2) is 4.39 Å². The molecule has 1 aliphatic rings. The number of piperidine rings is 1. The Morgan fingerprint density at radius 2 is 2.26 bits per heavy atom. The van der Waals surface area contributed by atoms with E-state index in [-0.39, 0.29) is 12.0 Å². The van der Waals surface area contributed by atoms with Crippen molar-refractivity contribution < 1.29 is 13.9 Å². The maximum atomic E-state index is 13.3. The van der Waals surface area contributed by atoms with Gasteiger partial charge in [0.25, 0.3) is 5.91 Å². The summed E-state index contributed by atoms with van der Waals surface area (Å²) < 4.78 is 19.2. The lowest BCUT2D eigenvalue weighted by atomic mass is 10.1. The van der Waals surface area contributed by atoms with Gasteiger partial charge < -0.3 is 9.64 Å². The molecule has 1 unspecified atom stereocenters. The molecule has 1 fully saturated rings. The zero-order valence-corrected chi connectivity index (χ0v) is 13.2. The van der Waals surface area contributed by atoms with E-state index in [4.69, 9.17) is 16.3 Å². The van der Waals surface area contributed by atoms with Crippen molar-refractivity contribution >= 4 is 17.5 Å². The van der Waals surface area contributed by atoms with Gasteiger partial charge >= 0.3 is 0 Å². The number of rotatable bonds is 3. The molecule has 0 aliphatic carbocycles. The molecule has 2 heterocycles. The predicted octanol–water partition coefficient (Wildman–Crippen LogP) is 3.56. The average Bonchev–Trinajstić information content (AvgIpc) is 2.56. The van der Waals surface area contributed by atoms with Crippen LogP contribution in [0, 0.1) is 5.82 Å². The first kappa shape index (κ1) is 15.7. The summed E-state index contributed by atoms with van der Waals surface area (Å²) in [4.78, 5) is 18.1. The van der Waals surface area contributed by atoms with Crippen molar-refractivity contribution in [2.24, 2.45) is 0 Å². The molecule has 1 amide bonds. The predicted molar refractivity (Wildman–Crippen MR) is 85.2 cm³/mol. The Hall–Kier alpha value is -2.14. The minimum absolute atomic E-state index is 0.138. The van der Waals surface area contributed by atoms with Crippen LogP contribution in [0.3, 0.4) is 0 Å². The Morgan fingerprint density at radius 3 is 3.04 bits per heavy atom. The van der Waals surface area contributed by atoms with Gasteiger partial charge in [0.1, 0.15) is 22.7 Å². The molecule has 0 saturated carbocycles. The van der Waals surface area contributed by atoms with E-state index >= 15 is 0 Å². The number of aromatic nitrogens is 1. The summed E-state index contributed by atoms with van der Waals surface area (Å²) in [5.41, 5.74) is 0.354. The highest BCUT2D eigenvalue weighted by Gasteiger charge is 2.26. The number of benzene rings is 1. The molecule has 6 heteroatoms. The van der Waals surface area contributed by atoms with Crippen molar-refractivity contribution in [3.8, 4) is 5.75 Å². The van der Waals surface area contributed by atoms with Crippen LogP contribution in [0.25, 0.3) is 0 Å². The molecule has 1 aromatic carbocycles. The summed E-state index contributed by atoms with van der Waals surface area (Å²) in [5.74, 6) is -0.0328. The highest BCUT2D eigenvalue weighted by molar-refractivity contribution is 6.31. The molecule has 0 bridgehead atoms. The molecule has 0 radical (unpaired) electrons. The fraction of sp³-hybridized carbons (Fsp3) is 0.294. The highest BCUT2D eigenvalue weighted by atomic mass is 35.5. The molecular formula is C17H16ClFN2O2. The standard InChI is InChI=1S/C17H16ClFN2O2/c18-15-10-20-7-6-16(15)23-14-5-2-8-21(11-14)17(22)12-3-1-4-13(19)9-12/h1,3-4,6-7,9-10,14H,2,5,8,11H2. The number of halogens is 2. The van der Waals surface area contributed by atoms with Gasteiger partial charge in [0.15, 0.2) is 0 Å². The summed E-state index contributed by atoms with van der Waals surface area (Å²) in [6.07, 6.45) is 4.66. The highest BCUT2D eigenvalue weighted by Crippen LogP contribution is 2.26. The zero-order valence-electron chi connectivity index (χ0n) is 12.4. The first-order chi connectivity index (χ1) is 11.1. The number of hydrogen-bond acceptors (Lipinski definition) is 3. The van der Waals surface area contributed by atoms with E-state index in [1.54, 1.807) is 23.2 Å². The minimum Gasteiger partial charge on any atom is -0.487 e. The van der Waals surface area contributed by atoms with Gasteiger partial charge in [-0.15, -0.1) is 0 Å². The van der Waals surface area contributed by atoms with E-state index in [0.717, 1.165) is 12.8 Å². The molecule has 2 aromatic rings. The summed E-state index contributed by atoms with van der Waals surface area (Å²) in [6.45, 7) is 1.09. The Bertz CT molecular complexity index is 710. The number of nitrogens with zero attached hydrogens (tertiary/aromatic N) is 2. The van der Waals surface area contributed by atoms with Crippen LogP contribution in [-0.4, -0.2) is 35.0 Å². The summed E-state index contributed by atoms with van der Waals surface area (Å²) in [7, 11) is 0. The van der Waals surface area contributed by atoms with E-state index in [9.17, 15) is 9.18 Å². The van der Waals surface area contributed by atoms with E-state index in [2.05, 4.69) is 4.98 Å². The van der Waals surface area contributed by atoms with Crippen molar-refractivity contribution in [3.05, 3.63) is 59.1 Å². The van der Waals surface area contributed by atoms with Crippen molar-refractivity contribution in [2.45, 2.75) is 18.9 Å². The lowest BCUT2D eigenvalue weighted by molar-refractivity contribution is 0.0537. The third kappa shape index (κ3) is 3.79. The molecule has 1 atom stereocenters. The van der Waals surface area contributed by atoms with E-state index in [1.807, 2.05) is 0 Å². The summed E-state index contributed by atoms with van der Waals surface area (Å²) in [6, 6.07) is 7.44. The quantitative estimate of drug-likeness (QED) is 0.862. The fourth-order valence-corrected chi connectivity index (χ4v) is 2.82. The molecular weight excluding hydrogens is 319 g/mol. The van der Waals surface area contributed by atoms with Gasteiger partial charge in [-0.1, -0.05) is 17.7 Å². The number of ether oxygens (including phenoxy) is 1. The Labute approximate surface area is 138 Å². The first-order valence-electron chi connectivity index (χ1n) is 7.44. The largest absolute Gasteiger partial charge is 0.487 e. The van der Waals surface area contributed by atoms with Gasteiger partial charge in [-0.2, -0.15) is 0 Å². The number of carbonyl (C=O) groups is 1. The maximum absolute atomic E-state index is 13.3. The zero-order chi connectivity index (χ0) is 16.2. The lowest BCUT2D eigenvalue weighted by Crippen LogP contribution is -2.44. The first-order valence-corrected chi connectivity index (χ1v) is 7.82. The van der Waals surface area contributed by atoms with Crippen molar-refractivity contribution in [1.29, 1.82) is 0 Å². The minimum atomic E-state index is -0.413. The molecule has 23 heavy (non-hydrogen) atoms. The van der Waals surface area contributed by atoms with Gasteiger partial charge in [-0.3, -0.25) is 9.78 Å². The molecule has 0 N–H and O–H groups in total. The lowest BCUT2D eigenvalue weighted by Gasteiger charge is -2.33. The molecule has 120 valence electrons. The van der Waals surface area contributed by atoms with Crippen molar-refractivity contribution in [1.82, 2.24) is 9.88 Å². The van der Waals surface area contributed by atoms with Gasteiger partial charge in [-0.05, 0) is 31.0 Å². The van der Waals surface area contributed by atoms with Crippen LogP contribution < -0.4 is 4.74 Å². The third-order valence-corrected chi connectivity index (χ3v) is 4.05. The maximum Gasteiger partial charge on any atom is 0.254 e. The smallest absolute Gasteiger partial charge is 0.254 e. The SMILES string of the molecule is O=C(c1cccc(F)c1)N1CCCC(Oc2ccncc2Cl)C1. The van der Waals surface area contributed by atoms with Crippen LogP contribution in [0.2, 0.25) is 5.02 Å².